The Labute approximate surface area is 148 Å². The van der Waals surface area contributed by atoms with Crippen molar-refractivity contribution in [1.29, 1.82) is 0 Å². The third-order valence-electron chi connectivity index (χ3n) is 4.33. The van der Waals surface area contributed by atoms with Gasteiger partial charge in [0, 0.05) is 31.1 Å². The number of fused-ring (bicyclic) bond motifs is 1. The van der Waals surface area contributed by atoms with Crippen LogP contribution in [0.15, 0.2) is 18.2 Å². The quantitative estimate of drug-likeness (QED) is 0.767. The standard InChI is InChI=1S/C17H23N3O3.ClH/c1-11(19-17(22)9-14-10-23-7-6-18-14)12-2-4-15-13(8-12)3-5-16(21)20-15;/h2,4,8,11,14,18H,3,5-7,9-10H2,1H3,(H,19,22)(H,20,21);1H. The van der Waals surface area contributed by atoms with Crippen molar-refractivity contribution in [1.82, 2.24) is 10.6 Å². The number of nitrogens with one attached hydrogen (secondary N) is 3. The fraction of sp³-hybridized carbons (Fsp3) is 0.529. The first-order chi connectivity index (χ1) is 11.1. The van der Waals surface area contributed by atoms with E-state index in [1.165, 1.54) is 0 Å². The third-order valence-corrected chi connectivity index (χ3v) is 4.33. The largest absolute Gasteiger partial charge is 0.378 e. The third kappa shape index (κ3) is 4.69. The zero-order valence-electron chi connectivity index (χ0n) is 13.8. The van der Waals surface area contributed by atoms with Crippen molar-refractivity contribution in [2.75, 3.05) is 25.1 Å². The Balaban J connectivity index is 0.00000208. The first-order valence-electron chi connectivity index (χ1n) is 8.15. The number of ether oxygens (including phenoxy) is 1. The first kappa shape index (κ1) is 18.7. The molecular formula is C17H24ClN3O3. The van der Waals surface area contributed by atoms with E-state index in [4.69, 9.17) is 4.74 Å². The normalized spacial score (nSPS) is 21.0. The Kier molecular flexibility index (Phi) is 6.60. The predicted molar refractivity (Wildman–Crippen MR) is 94.4 cm³/mol. The molecule has 7 heteroatoms. The van der Waals surface area contributed by atoms with E-state index >= 15 is 0 Å². The minimum atomic E-state index is -0.0602. The summed E-state index contributed by atoms with van der Waals surface area (Å²) >= 11 is 0. The monoisotopic (exact) mass is 353 g/mol. The van der Waals surface area contributed by atoms with Crippen LogP contribution in [0, 0.1) is 0 Å². The SMILES string of the molecule is CC(NC(=O)CC1COCCN1)c1ccc2c(c1)CCC(=O)N2.Cl. The molecule has 3 rings (SSSR count). The highest BCUT2D eigenvalue weighted by Gasteiger charge is 2.20. The summed E-state index contributed by atoms with van der Waals surface area (Å²) in [6.45, 7) is 4.07. The Morgan fingerprint density at radius 3 is 3.00 bits per heavy atom. The second kappa shape index (κ2) is 8.46. The van der Waals surface area contributed by atoms with E-state index in [2.05, 4.69) is 22.0 Å². The molecule has 2 amide bonds. The van der Waals surface area contributed by atoms with Crippen LogP contribution in [-0.4, -0.2) is 37.6 Å². The lowest BCUT2D eigenvalue weighted by atomic mass is 9.97. The Morgan fingerprint density at radius 1 is 1.42 bits per heavy atom. The second-order valence-corrected chi connectivity index (χ2v) is 6.18. The highest BCUT2D eigenvalue weighted by Crippen LogP contribution is 2.26. The lowest BCUT2D eigenvalue weighted by molar-refractivity contribution is -0.123. The number of hydrogen-bond donors (Lipinski definition) is 3. The molecule has 2 heterocycles. The summed E-state index contributed by atoms with van der Waals surface area (Å²) < 4.78 is 5.37. The number of amides is 2. The number of anilines is 1. The molecule has 0 bridgehead atoms. The number of rotatable bonds is 4. The van der Waals surface area contributed by atoms with Gasteiger partial charge < -0.3 is 20.7 Å². The van der Waals surface area contributed by atoms with Gasteiger partial charge in [0.05, 0.1) is 19.3 Å². The van der Waals surface area contributed by atoms with Crippen LogP contribution >= 0.6 is 12.4 Å². The van der Waals surface area contributed by atoms with Crippen molar-refractivity contribution in [3.63, 3.8) is 0 Å². The molecule has 132 valence electrons. The molecule has 0 aromatic heterocycles. The van der Waals surface area contributed by atoms with Gasteiger partial charge in [-0.25, -0.2) is 0 Å². The van der Waals surface area contributed by atoms with Crippen LogP contribution in [0.2, 0.25) is 0 Å². The predicted octanol–water partition coefficient (Wildman–Crippen LogP) is 1.55. The number of carbonyl (C=O) groups excluding carboxylic acids is 2. The molecule has 2 unspecified atom stereocenters. The van der Waals surface area contributed by atoms with Crippen LogP contribution in [0.1, 0.15) is 36.9 Å². The molecule has 3 N–H and O–H groups in total. The van der Waals surface area contributed by atoms with Crippen LogP contribution < -0.4 is 16.0 Å². The van der Waals surface area contributed by atoms with E-state index < -0.39 is 0 Å². The first-order valence-corrected chi connectivity index (χ1v) is 8.15. The molecule has 1 aromatic rings. The van der Waals surface area contributed by atoms with Crippen LogP contribution in [0.25, 0.3) is 0 Å². The van der Waals surface area contributed by atoms with Crippen molar-refractivity contribution in [2.24, 2.45) is 0 Å². The zero-order valence-corrected chi connectivity index (χ0v) is 14.6. The number of aryl methyl sites for hydroxylation is 1. The molecule has 2 atom stereocenters. The molecule has 0 spiro atoms. The summed E-state index contributed by atoms with van der Waals surface area (Å²) in [6, 6.07) is 5.98. The maximum Gasteiger partial charge on any atom is 0.224 e. The van der Waals surface area contributed by atoms with Crippen molar-refractivity contribution in [3.8, 4) is 0 Å². The summed E-state index contributed by atoms with van der Waals surface area (Å²) in [5.41, 5.74) is 3.07. The zero-order chi connectivity index (χ0) is 16.2. The van der Waals surface area contributed by atoms with Gasteiger partial charge in [-0.05, 0) is 30.5 Å². The molecule has 0 saturated carbocycles. The van der Waals surface area contributed by atoms with E-state index in [0.29, 0.717) is 26.1 Å². The number of hydrogen-bond acceptors (Lipinski definition) is 4. The smallest absolute Gasteiger partial charge is 0.224 e. The molecular weight excluding hydrogens is 330 g/mol. The molecule has 0 aliphatic carbocycles. The van der Waals surface area contributed by atoms with E-state index in [-0.39, 0.29) is 36.3 Å². The lowest BCUT2D eigenvalue weighted by Gasteiger charge is -2.24. The van der Waals surface area contributed by atoms with Gasteiger partial charge in [0.1, 0.15) is 0 Å². The van der Waals surface area contributed by atoms with Crippen molar-refractivity contribution < 1.29 is 14.3 Å². The number of morpholine rings is 1. The van der Waals surface area contributed by atoms with Gasteiger partial charge in [-0.1, -0.05) is 12.1 Å². The summed E-state index contributed by atoms with van der Waals surface area (Å²) in [4.78, 5) is 23.6. The van der Waals surface area contributed by atoms with E-state index in [9.17, 15) is 9.59 Å². The molecule has 6 nitrogen and oxygen atoms in total. The number of carbonyl (C=O) groups is 2. The van der Waals surface area contributed by atoms with Crippen molar-refractivity contribution >= 4 is 29.9 Å². The summed E-state index contributed by atoms with van der Waals surface area (Å²) in [5, 5.41) is 9.19. The van der Waals surface area contributed by atoms with Gasteiger partial charge in [-0.15, -0.1) is 12.4 Å². The highest BCUT2D eigenvalue weighted by molar-refractivity contribution is 5.93. The van der Waals surface area contributed by atoms with Gasteiger partial charge in [0.2, 0.25) is 11.8 Å². The minimum absolute atomic E-state index is 0. The fourth-order valence-corrected chi connectivity index (χ4v) is 3.03. The fourth-order valence-electron chi connectivity index (χ4n) is 3.03. The van der Waals surface area contributed by atoms with Crippen LogP contribution in [0.5, 0.6) is 0 Å². The maximum absolute atomic E-state index is 12.2. The Bertz CT molecular complexity index is 603. The average molecular weight is 354 g/mol. The molecule has 1 aromatic carbocycles. The molecule has 2 aliphatic rings. The van der Waals surface area contributed by atoms with Gasteiger partial charge in [0.15, 0.2) is 0 Å². The van der Waals surface area contributed by atoms with E-state index in [1.54, 1.807) is 0 Å². The molecule has 24 heavy (non-hydrogen) atoms. The summed E-state index contributed by atoms with van der Waals surface area (Å²) in [6.07, 6.45) is 1.69. The Hall–Kier alpha value is -1.63. The highest BCUT2D eigenvalue weighted by atomic mass is 35.5. The number of halogens is 1. The van der Waals surface area contributed by atoms with Crippen molar-refractivity contribution in [3.05, 3.63) is 29.3 Å². The summed E-state index contributed by atoms with van der Waals surface area (Å²) in [5.74, 6) is 0.0836. The van der Waals surface area contributed by atoms with Crippen LogP contribution in [0.3, 0.4) is 0 Å². The second-order valence-electron chi connectivity index (χ2n) is 6.18. The molecule has 0 radical (unpaired) electrons. The maximum atomic E-state index is 12.2. The molecule has 1 saturated heterocycles. The van der Waals surface area contributed by atoms with E-state index in [1.807, 2.05) is 19.1 Å². The summed E-state index contributed by atoms with van der Waals surface area (Å²) in [7, 11) is 0. The Morgan fingerprint density at radius 2 is 2.25 bits per heavy atom. The number of benzene rings is 1. The van der Waals surface area contributed by atoms with Crippen LogP contribution in [0.4, 0.5) is 5.69 Å². The van der Waals surface area contributed by atoms with Gasteiger partial charge in [0.25, 0.3) is 0 Å². The molecule has 2 aliphatic heterocycles. The van der Waals surface area contributed by atoms with Gasteiger partial charge in [-0.3, -0.25) is 9.59 Å². The van der Waals surface area contributed by atoms with Gasteiger partial charge in [-0.2, -0.15) is 0 Å². The lowest BCUT2D eigenvalue weighted by Crippen LogP contribution is -2.44. The van der Waals surface area contributed by atoms with Crippen LogP contribution in [-0.2, 0) is 20.7 Å². The average Bonchev–Trinajstić information content (AvgIpc) is 2.55. The van der Waals surface area contributed by atoms with Gasteiger partial charge >= 0.3 is 0 Å². The van der Waals surface area contributed by atoms with Crippen molar-refractivity contribution in [2.45, 2.75) is 38.3 Å². The van der Waals surface area contributed by atoms with E-state index in [0.717, 1.165) is 29.8 Å². The topological polar surface area (TPSA) is 79.5 Å². The minimum Gasteiger partial charge on any atom is -0.378 e. The molecule has 1 fully saturated rings.